The van der Waals surface area contributed by atoms with Gasteiger partial charge in [-0.05, 0) is 52.9 Å². The van der Waals surface area contributed by atoms with E-state index in [0.29, 0.717) is 11.3 Å². The van der Waals surface area contributed by atoms with Crippen LogP contribution in [-0.4, -0.2) is 88.5 Å². The molecule has 288 valence electrons. The number of alkyl carbamates (subject to hydrolysis) is 1. The average molecular weight is 764 g/mol. The number of nitro groups is 1. The number of nitrogens with two attached hydrogens (primary N) is 1. The largest absolute Gasteiger partial charge is 0.480 e. The molecular weight excluding hydrogens is 719 g/mol. The van der Waals surface area contributed by atoms with Crippen LogP contribution < -0.4 is 27.0 Å². The molecule has 3 aromatic carbocycles. The maximum Gasteiger partial charge on any atom is 0.420 e. The lowest BCUT2D eigenvalue weighted by atomic mass is 10.0. The van der Waals surface area contributed by atoms with Gasteiger partial charge in [0.2, 0.25) is 17.7 Å². The molecule has 0 aliphatic rings. The molecule has 54 heavy (non-hydrogen) atoms. The van der Waals surface area contributed by atoms with E-state index >= 15 is 0 Å². The molecule has 0 fully saturated rings. The lowest BCUT2D eigenvalue weighted by molar-refractivity contribution is -0.352. The Kier molecular flexibility index (Phi) is 18.0. The number of carboxylic acid groups (broad SMARTS) is 1. The number of aliphatic imine (C=N–C) groups is 1. The molecule has 0 bridgehead atoms. The van der Waals surface area contributed by atoms with Crippen LogP contribution >= 0.6 is 11.8 Å². The smallest absolute Gasteiger partial charge is 0.420 e. The van der Waals surface area contributed by atoms with Gasteiger partial charge in [0, 0.05) is 12.8 Å². The monoisotopic (exact) mass is 763 g/mol. The van der Waals surface area contributed by atoms with Crippen LogP contribution in [0.25, 0.3) is 0 Å². The summed E-state index contributed by atoms with van der Waals surface area (Å²) >= 11 is 1.39. The molecule has 0 heterocycles. The van der Waals surface area contributed by atoms with Crippen molar-refractivity contribution in [1.82, 2.24) is 21.3 Å². The van der Waals surface area contributed by atoms with Gasteiger partial charge in [0.15, 0.2) is 0 Å². The van der Waals surface area contributed by atoms with Crippen LogP contribution in [0.5, 0.6) is 0 Å². The first kappa shape index (κ1) is 42.4. The molecule has 3 aromatic rings. The summed E-state index contributed by atoms with van der Waals surface area (Å²) in [5.41, 5.74) is 7.41. The second-order valence-electron chi connectivity index (χ2n) is 12.1. The average Bonchev–Trinajstić information content (AvgIpc) is 3.17. The molecule has 0 radical (unpaired) electrons. The zero-order chi connectivity index (χ0) is 39.3. The van der Waals surface area contributed by atoms with E-state index in [2.05, 4.69) is 26.3 Å². The summed E-state index contributed by atoms with van der Waals surface area (Å²) in [5, 5.41) is 31.0. The SMILES string of the molecule is CSCC[C@@H](NC(=O)[C@H](CCCN=C(N)[N+](=O)[O-])NC(=O)[C@H](Cc1ccccc1)NC(=O)[C@@H](Cc1ccccc1)NC(=O)OCc1ccccc1)C(=O)O. The molecule has 0 spiro atoms. The van der Waals surface area contributed by atoms with Gasteiger partial charge < -0.3 is 41.2 Å². The maximum atomic E-state index is 14.0. The molecule has 7 N–H and O–H groups in total. The molecule has 0 unspecified atom stereocenters. The van der Waals surface area contributed by atoms with E-state index < -0.39 is 64.8 Å². The van der Waals surface area contributed by atoms with E-state index in [-0.39, 0.29) is 45.3 Å². The molecule has 0 aromatic heterocycles. The summed E-state index contributed by atoms with van der Waals surface area (Å²) in [6.07, 6.45) is 1.04. The van der Waals surface area contributed by atoms with Crippen molar-refractivity contribution in [3.63, 3.8) is 0 Å². The standard InChI is InChI=1S/C37H45N7O9S/c1-54-21-19-29(35(48)49)41-32(45)28(18-11-20-39-36(38)44(51)52)40-33(46)30(22-25-12-5-2-6-13-25)42-34(47)31(23-26-14-7-3-8-15-26)43-37(50)53-24-27-16-9-4-10-17-27/h2-10,12-17,28-31H,11,18-24H2,1H3,(H2,38,39)(H,40,46)(H,41,45)(H,42,47)(H,43,50)(H,48,49)/t28-,29+,30-,31+/m0/s1. The van der Waals surface area contributed by atoms with Crippen LogP contribution in [0.4, 0.5) is 4.79 Å². The Morgan fingerprint density at radius 3 is 1.70 bits per heavy atom. The normalized spacial score (nSPS) is 13.3. The number of guanidine groups is 1. The predicted octanol–water partition coefficient (Wildman–Crippen LogP) is 2.43. The summed E-state index contributed by atoms with van der Waals surface area (Å²) < 4.78 is 5.37. The topological polar surface area (TPSA) is 244 Å². The maximum absolute atomic E-state index is 14.0. The van der Waals surface area contributed by atoms with Gasteiger partial charge in [-0.25, -0.2) is 9.59 Å². The van der Waals surface area contributed by atoms with Gasteiger partial charge in [-0.2, -0.15) is 11.8 Å². The minimum Gasteiger partial charge on any atom is -0.480 e. The molecule has 4 atom stereocenters. The first-order chi connectivity index (χ1) is 26.0. The van der Waals surface area contributed by atoms with Gasteiger partial charge in [0.1, 0.15) is 37.3 Å². The molecule has 0 saturated heterocycles. The second kappa shape index (κ2) is 22.9. The van der Waals surface area contributed by atoms with E-state index in [1.807, 2.05) is 6.07 Å². The third-order valence-electron chi connectivity index (χ3n) is 7.99. The lowest BCUT2D eigenvalue weighted by Gasteiger charge is -2.26. The van der Waals surface area contributed by atoms with E-state index in [1.165, 1.54) is 11.8 Å². The number of hydrogen-bond donors (Lipinski definition) is 6. The van der Waals surface area contributed by atoms with Crippen LogP contribution in [0, 0.1) is 10.1 Å². The van der Waals surface area contributed by atoms with Crippen LogP contribution in [0.15, 0.2) is 96.0 Å². The quantitative estimate of drug-likeness (QED) is 0.0303. The Balaban J connectivity index is 1.86. The number of amides is 4. The number of carbonyl (C=O) groups excluding carboxylic acids is 4. The number of aliphatic carboxylic acids is 1. The van der Waals surface area contributed by atoms with E-state index in [4.69, 9.17) is 10.5 Å². The minimum atomic E-state index is -1.32. The highest BCUT2D eigenvalue weighted by Gasteiger charge is 2.32. The molecule has 4 amide bonds. The number of benzene rings is 3. The Hall–Kier alpha value is -5.97. The Morgan fingerprint density at radius 2 is 1.20 bits per heavy atom. The van der Waals surface area contributed by atoms with Crippen molar-refractivity contribution in [3.8, 4) is 0 Å². The van der Waals surface area contributed by atoms with Crippen molar-refractivity contribution >= 4 is 47.5 Å². The van der Waals surface area contributed by atoms with Crippen LogP contribution in [0.3, 0.4) is 0 Å². The van der Waals surface area contributed by atoms with Crippen molar-refractivity contribution in [2.24, 2.45) is 10.7 Å². The molecule has 16 nitrogen and oxygen atoms in total. The van der Waals surface area contributed by atoms with Crippen LogP contribution in [0.2, 0.25) is 0 Å². The van der Waals surface area contributed by atoms with E-state index in [9.17, 15) is 39.2 Å². The van der Waals surface area contributed by atoms with E-state index in [0.717, 1.165) is 11.1 Å². The number of nitrogens with zero attached hydrogens (tertiary/aromatic N) is 2. The fourth-order valence-electron chi connectivity index (χ4n) is 5.15. The minimum absolute atomic E-state index is 0.0155. The lowest BCUT2D eigenvalue weighted by Crippen LogP contribution is -2.58. The Morgan fingerprint density at radius 1 is 0.741 bits per heavy atom. The molecule has 17 heteroatoms. The van der Waals surface area contributed by atoms with Crippen molar-refractivity contribution in [3.05, 3.63) is 118 Å². The van der Waals surface area contributed by atoms with Crippen molar-refractivity contribution in [1.29, 1.82) is 0 Å². The van der Waals surface area contributed by atoms with Crippen LogP contribution in [-0.2, 0) is 43.4 Å². The summed E-state index contributed by atoms with van der Waals surface area (Å²) in [6, 6.07) is 21.7. The fourth-order valence-corrected chi connectivity index (χ4v) is 5.62. The van der Waals surface area contributed by atoms with Gasteiger partial charge in [-0.15, -0.1) is 4.99 Å². The predicted molar refractivity (Wildman–Crippen MR) is 203 cm³/mol. The zero-order valence-corrected chi connectivity index (χ0v) is 30.5. The summed E-state index contributed by atoms with van der Waals surface area (Å²) in [6.45, 7) is -0.197. The number of nitrogens with one attached hydrogen (secondary N) is 4. The number of thioether (sulfide) groups is 1. The first-order valence-electron chi connectivity index (χ1n) is 17.1. The summed E-state index contributed by atoms with van der Waals surface area (Å²) in [5.74, 6) is -3.94. The Labute approximate surface area is 316 Å². The molecule has 0 aliphatic carbocycles. The van der Waals surface area contributed by atoms with Crippen LogP contribution in [0.1, 0.15) is 36.0 Å². The third kappa shape index (κ3) is 15.3. The number of hydrogen-bond acceptors (Lipinski definition) is 10. The first-order valence-corrected chi connectivity index (χ1v) is 18.5. The van der Waals surface area contributed by atoms with Gasteiger partial charge in [0.05, 0.1) is 0 Å². The second-order valence-corrected chi connectivity index (χ2v) is 13.1. The highest BCUT2D eigenvalue weighted by atomic mass is 32.2. The molecular formula is C37H45N7O9S. The van der Waals surface area contributed by atoms with E-state index in [1.54, 1.807) is 91.2 Å². The van der Waals surface area contributed by atoms with Gasteiger partial charge in [0.25, 0.3) is 0 Å². The molecule has 0 saturated carbocycles. The summed E-state index contributed by atoms with van der Waals surface area (Å²) in [4.78, 5) is 79.9. The van der Waals surface area contributed by atoms with Crippen molar-refractivity contribution < 1.29 is 38.7 Å². The van der Waals surface area contributed by atoms with Gasteiger partial charge in [-0.1, -0.05) is 91.0 Å². The number of carboxylic acids is 1. The number of ether oxygens (including phenoxy) is 1. The summed E-state index contributed by atoms with van der Waals surface area (Å²) in [7, 11) is 0. The zero-order valence-electron chi connectivity index (χ0n) is 29.7. The molecule has 0 aliphatic heterocycles. The molecule has 3 rings (SSSR count). The van der Waals surface area contributed by atoms with Crippen molar-refractivity contribution in [2.45, 2.75) is 62.9 Å². The Bertz CT molecular complexity index is 1720. The van der Waals surface area contributed by atoms with Crippen molar-refractivity contribution in [2.75, 3.05) is 18.6 Å². The fraction of sp³-hybridized carbons (Fsp3) is 0.351. The van der Waals surface area contributed by atoms with Gasteiger partial charge in [-0.3, -0.25) is 20.1 Å². The highest BCUT2D eigenvalue weighted by Crippen LogP contribution is 2.10. The number of rotatable bonds is 21. The highest BCUT2D eigenvalue weighted by molar-refractivity contribution is 7.98. The van der Waals surface area contributed by atoms with Gasteiger partial charge >= 0.3 is 18.0 Å². The third-order valence-corrected chi connectivity index (χ3v) is 8.63. The number of carbonyl (C=O) groups is 5.